The number of methoxy groups -OCH3 is 1. The molecule has 0 saturated heterocycles. The van der Waals surface area contributed by atoms with Crippen LogP contribution in [0.4, 0.5) is 5.82 Å². The maximum Gasteiger partial charge on any atom is 0.177 e. The number of rotatable bonds is 5. The molecule has 1 aromatic carbocycles. The first-order chi connectivity index (χ1) is 16.6. The molecule has 0 unspecified atom stereocenters. The molecule has 5 aromatic rings. The largest absolute Gasteiger partial charge is 0.452 e. The zero-order valence-electron chi connectivity index (χ0n) is 18.8. The molecule has 6 rings (SSSR count). The van der Waals surface area contributed by atoms with Crippen molar-refractivity contribution in [3.8, 4) is 22.5 Å². The summed E-state index contributed by atoms with van der Waals surface area (Å²) < 4.78 is 14.6. The van der Waals surface area contributed by atoms with Gasteiger partial charge in [0.05, 0.1) is 35.2 Å². The first-order valence-corrected chi connectivity index (χ1v) is 12.2. The number of aromatic nitrogens is 4. The SMILES string of the molecule is COCc1nc2cccc(-c3cc4c(-c5cnn([C@H]6CC[C@H](O)CC6)c5)cnc(N)c4o3)c2s1. The van der Waals surface area contributed by atoms with Gasteiger partial charge in [0.25, 0.3) is 0 Å². The minimum Gasteiger partial charge on any atom is -0.452 e. The van der Waals surface area contributed by atoms with Gasteiger partial charge in [-0.15, -0.1) is 11.3 Å². The Balaban J connectivity index is 1.42. The number of pyridine rings is 1. The Labute approximate surface area is 200 Å². The third-order valence-electron chi connectivity index (χ3n) is 6.53. The monoisotopic (exact) mass is 475 g/mol. The summed E-state index contributed by atoms with van der Waals surface area (Å²) in [6, 6.07) is 8.35. The van der Waals surface area contributed by atoms with Gasteiger partial charge in [-0.3, -0.25) is 4.68 Å². The summed E-state index contributed by atoms with van der Waals surface area (Å²) in [7, 11) is 1.67. The lowest BCUT2D eigenvalue weighted by atomic mass is 9.93. The minimum atomic E-state index is -0.190. The average Bonchev–Trinajstić information content (AvgIpc) is 3.58. The lowest BCUT2D eigenvalue weighted by Crippen LogP contribution is -2.21. The fourth-order valence-corrected chi connectivity index (χ4v) is 5.83. The van der Waals surface area contributed by atoms with Crippen LogP contribution in [0.15, 0.2) is 47.3 Å². The summed E-state index contributed by atoms with van der Waals surface area (Å²) in [5, 5.41) is 16.3. The number of anilines is 1. The van der Waals surface area contributed by atoms with Crippen LogP contribution in [0.1, 0.15) is 36.7 Å². The molecule has 8 nitrogen and oxygen atoms in total. The van der Waals surface area contributed by atoms with Crippen LogP contribution in [0.2, 0.25) is 0 Å². The van der Waals surface area contributed by atoms with Crippen molar-refractivity contribution >= 4 is 38.3 Å². The third-order valence-corrected chi connectivity index (χ3v) is 7.61. The molecule has 4 heterocycles. The number of thiazole rings is 1. The zero-order valence-corrected chi connectivity index (χ0v) is 19.6. The predicted molar refractivity (Wildman–Crippen MR) is 132 cm³/mol. The highest BCUT2D eigenvalue weighted by Crippen LogP contribution is 2.40. The number of ether oxygens (including phenoxy) is 1. The van der Waals surface area contributed by atoms with E-state index in [1.165, 1.54) is 0 Å². The highest BCUT2D eigenvalue weighted by molar-refractivity contribution is 7.19. The number of fused-ring (bicyclic) bond motifs is 2. The minimum absolute atomic E-state index is 0.190. The van der Waals surface area contributed by atoms with Gasteiger partial charge in [0.15, 0.2) is 11.4 Å². The summed E-state index contributed by atoms with van der Waals surface area (Å²) in [6.45, 7) is 0.476. The summed E-state index contributed by atoms with van der Waals surface area (Å²) in [6.07, 6.45) is 9.00. The van der Waals surface area contributed by atoms with Crippen molar-refractivity contribution in [3.63, 3.8) is 0 Å². The lowest BCUT2D eigenvalue weighted by molar-refractivity contribution is 0.108. The van der Waals surface area contributed by atoms with E-state index in [0.717, 1.165) is 68.7 Å². The molecule has 4 aromatic heterocycles. The second-order valence-corrected chi connectivity index (χ2v) is 9.86. The van der Waals surface area contributed by atoms with Gasteiger partial charge < -0.3 is 20.0 Å². The quantitative estimate of drug-likeness (QED) is 0.360. The molecule has 0 radical (unpaired) electrons. The smallest absolute Gasteiger partial charge is 0.177 e. The number of aliphatic hydroxyl groups is 1. The van der Waals surface area contributed by atoms with Gasteiger partial charge in [0.1, 0.15) is 10.8 Å². The van der Waals surface area contributed by atoms with E-state index in [9.17, 15) is 5.11 Å². The van der Waals surface area contributed by atoms with E-state index in [0.29, 0.717) is 24.0 Å². The summed E-state index contributed by atoms with van der Waals surface area (Å²) in [5.41, 5.74) is 10.6. The highest BCUT2D eigenvalue weighted by atomic mass is 32.1. The number of nitrogens with two attached hydrogens (primary N) is 1. The molecule has 0 atom stereocenters. The van der Waals surface area contributed by atoms with Crippen LogP contribution < -0.4 is 5.73 Å². The van der Waals surface area contributed by atoms with Crippen LogP contribution in [0, 0.1) is 0 Å². The van der Waals surface area contributed by atoms with Gasteiger partial charge in [-0.25, -0.2) is 9.97 Å². The molecule has 0 amide bonds. The summed E-state index contributed by atoms with van der Waals surface area (Å²) in [4.78, 5) is 9.07. The van der Waals surface area contributed by atoms with Crippen LogP contribution in [-0.2, 0) is 11.3 Å². The molecule has 3 N–H and O–H groups in total. The van der Waals surface area contributed by atoms with Crippen molar-refractivity contribution < 1.29 is 14.3 Å². The number of nitrogens with zero attached hydrogens (tertiary/aromatic N) is 4. The summed E-state index contributed by atoms with van der Waals surface area (Å²) in [5.74, 6) is 1.08. The lowest BCUT2D eigenvalue weighted by Gasteiger charge is -2.25. The van der Waals surface area contributed by atoms with E-state index < -0.39 is 0 Å². The van der Waals surface area contributed by atoms with Gasteiger partial charge in [-0.05, 0) is 43.9 Å². The molecule has 9 heteroatoms. The molecular weight excluding hydrogens is 450 g/mol. The van der Waals surface area contributed by atoms with Gasteiger partial charge in [-0.2, -0.15) is 5.10 Å². The Morgan fingerprint density at radius 1 is 1.21 bits per heavy atom. The number of nitrogen functional groups attached to an aromatic ring is 1. The molecule has 1 aliphatic rings. The predicted octanol–water partition coefficient (Wildman–Crippen LogP) is 5.17. The zero-order chi connectivity index (χ0) is 23.2. The van der Waals surface area contributed by atoms with E-state index in [1.54, 1.807) is 24.6 Å². The molecule has 0 aliphatic heterocycles. The fourth-order valence-electron chi connectivity index (χ4n) is 4.78. The van der Waals surface area contributed by atoms with Gasteiger partial charge in [0.2, 0.25) is 0 Å². The third kappa shape index (κ3) is 3.66. The topological polar surface area (TPSA) is 112 Å². The Morgan fingerprint density at radius 2 is 2.06 bits per heavy atom. The standard InChI is InChI=1S/C25H25N5O3S/c1-32-13-22-29-20-4-2-3-17(24(20)34-22)21-9-18-19(11-27-25(26)23(18)33-21)14-10-28-30(12-14)15-5-7-16(31)8-6-15/h2-4,9-12,15-16,31H,5-8,13H2,1H3,(H2,26,27)/t15-,16-. The fraction of sp³-hybridized carbons (Fsp3) is 0.320. The van der Waals surface area contributed by atoms with E-state index in [4.69, 9.17) is 14.9 Å². The van der Waals surface area contributed by atoms with Crippen LogP contribution >= 0.6 is 11.3 Å². The van der Waals surface area contributed by atoms with Crippen LogP contribution in [0.25, 0.3) is 43.6 Å². The van der Waals surface area contributed by atoms with Gasteiger partial charge >= 0.3 is 0 Å². The van der Waals surface area contributed by atoms with Crippen LogP contribution in [0.3, 0.4) is 0 Å². The summed E-state index contributed by atoms with van der Waals surface area (Å²) >= 11 is 1.60. The first-order valence-electron chi connectivity index (χ1n) is 11.4. The number of aliphatic hydroxyl groups excluding tert-OH is 1. The number of hydrogen-bond acceptors (Lipinski definition) is 8. The molecule has 1 aliphatic carbocycles. The molecule has 0 bridgehead atoms. The molecule has 34 heavy (non-hydrogen) atoms. The van der Waals surface area contributed by atoms with Crippen molar-refractivity contribution in [1.29, 1.82) is 0 Å². The van der Waals surface area contributed by atoms with Crippen LogP contribution in [-0.4, -0.2) is 38.1 Å². The van der Waals surface area contributed by atoms with Crippen molar-refractivity contribution in [1.82, 2.24) is 19.7 Å². The number of furan rings is 1. The molecule has 174 valence electrons. The van der Waals surface area contributed by atoms with E-state index in [2.05, 4.69) is 21.3 Å². The molecule has 1 saturated carbocycles. The highest BCUT2D eigenvalue weighted by Gasteiger charge is 2.23. The Kier molecular flexibility index (Phi) is 5.32. The molecular formula is C25H25N5O3S. The van der Waals surface area contributed by atoms with Gasteiger partial charge in [0, 0.05) is 41.6 Å². The van der Waals surface area contributed by atoms with Crippen LogP contribution in [0.5, 0.6) is 0 Å². The molecule has 1 fully saturated rings. The Hall–Kier alpha value is -3.27. The van der Waals surface area contributed by atoms with E-state index in [1.807, 2.05) is 35.1 Å². The van der Waals surface area contributed by atoms with Crippen molar-refractivity contribution in [2.24, 2.45) is 0 Å². The Morgan fingerprint density at radius 3 is 2.88 bits per heavy atom. The maximum atomic E-state index is 9.82. The van der Waals surface area contributed by atoms with Crippen molar-refractivity contribution in [2.75, 3.05) is 12.8 Å². The molecule has 0 spiro atoms. The number of benzene rings is 1. The normalized spacial score (nSPS) is 18.8. The van der Waals surface area contributed by atoms with E-state index in [-0.39, 0.29) is 6.10 Å². The second kappa shape index (κ2) is 8.50. The van der Waals surface area contributed by atoms with Gasteiger partial charge in [-0.1, -0.05) is 6.07 Å². The maximum absolute atomic E-state index is 9.82. The first kappa shape index (κ1) is 21.3. The van der Waals surface area contributed by atoms with Crippen molar-refractivity contribution in [3.05, 3.63) is 47.9 Å². The average molecular weight is 476 g/mol. The van der Waals surface area contributed by atoms with E-state index >= 15 is 0 Å². The van der Waals surface area contributed by atoms with Crippen molar-refractivity contribution in [2.45, 2.75) is 44.4 Å². The second-order valence-electron chi connectivity index (χ2n) is 8.78. The number of hydrogen-bond donors (Lipinski definition) is 2. The Bertz CT molecular complexity index is 1480.